The molecule has 0 aliphatic carbocycles. The van der Waals surface area contributed by atoms with E-state index >= 15 is 0 Å². The molecule has 2 aromatic rings. The monoisotopic (exact) mass is 330 g/mol. The number of hydrogen-bond donors (Lipinski definition) is 1. The van der Waals surface area contributed by atoms with E-state index in [9.17, 15) is 9.90 Å². The van der Waals surface area contributed by atoms with Crippen LogP contribution in [0.15, 0.2) is 54.6 Å². The lowest BCUT2D eigenvalue weighted by atomic mass is 9.86. The number of rotatable bonds is 3. The van der Waals surface area contributed by atoms with Gasteiger partial charge in [-0.2, -0.15) is 0 Å². The molecule has 1 N–H and O–H groups in total. The minimum absolute atomic E-state index is 0.395. The predicted octanol–water partition coefficient (Wildman–Crippen LogP) is 3.18. The highest BCUT2D eigenvalue weighted by molar-refractivity contribution is 6.32. The van der Waals surface area contributed by atoms with Gasteiger partial charge in [0.25, 0.3) is 0 Å². The third-order valence-corrected chi connectivity index (χ3v) is 4.16. The average molecular weight is 331 g/mol. The zero-order chi connectivity index (χ0) is 16.4. The molecule has 0 spiro atoms. The summed E-state index contributed by atoms with van der Waals surface area (Å²) < 4.78 is 10.6. The molecule has 0 aromatic heterocycles. The second-order valence-corrected chi connectivity index (χ2v) is 5.58. The van der Waals surface area contributed by atoms with Crippen molar-refractivity contribution in [3.8, 4) is 5.75 Å². The maximum Gasteiger partial charge on any atom is 0.346 e. The molecule has 1 aliphatic rings. The molecule has 2 atom stereocenters. The van der Waals surface area contributed by atoms with E-state index in [1.165, 1.54) is 7.11 Å². The number of carbonyl (C=O) groups excluding carboxylic acids is 1. The van der Waals surface area contributed by atoms with Gasteiger partial charge in [0, 0.05) is 5.56 Å². The molecule has 2 unspecified atom stereocenters. The fourth-order valence-corrected chi connectivity index (χ4v) is 2.84. The summed E-state index contributed by atoms with van der Waals surface area (Å²) in [6, 6.07) is 13.8. The maximum atomic E-state index is 12.3. The van der Waals surface area contributed by atoms with Crippen LogP contribution in [0.5, 0.6) is 5.75 Å². The number of carbonyl (C=O) groups is 1. The lowest BCUT2D eigenvalue weighted by Crippen LogP contribution is -2.49. The van der Waals surface area contributed by atoms with Crippen LogP contribution in [0.1, 0.15) is 11.1 Å². The van der Waals surface area contributed by atoms with Gasteiger partial charge >= 0.3 is 5.97 Å². The van der Waals surface area contributed by atoms with Crippen molar-refractivity contribution in [3.05, 3.63) is 70.8 Å². The predicted molar refractivity (Wildman–Crippen MR) is 87.3 cm³/mol. The molecular weight excluding hydrogens is 316 g/mol. The largest absolute Gasteiger partial charge is 0.482 e. The Morgan fingerprint density at radius 2 is 1.96 bits per heavy atom. The molecule has 4 nitrogen and oxygen atoms in total. The van der Waals surface area contributed by atoms with Crippen LogP contribution in [0.3, 0.4) is 0 Å². The number of methoxy groups -OCH3 is 1. The van der Waals surface area contributed by atoms with Gasteiger partial charge in [0.1, 0.15) is 5.75 Å². The van der Waals surface area contributed by atoms with E-state index in [2.05, 4.69) is 0 Å². The SMILES string of the molecule is COC(=O)C(O)(c1ccccc1)C1C=Cc2c(Cl)cccc2O1. The summed E-state index contributed by atoms with van der Waals surface area (Å²) >= 11 is 6.13. The second-order valence-electron chi connectivity index (χ2n) is 5.17. The second kappa shape index (κ2) is 6.07. The standard InChI is InChI=1S/C18H15ClO4/c1-22-17(20)18(21,12-6-3-2-4-7-12)16-11-10-13-14(19)8-5-9-15(13)23-16/h2-11,16,21H,1H3. The number of fused-ring (bicyclic) bond motifs is 1. The molecule has 0 fully saturated rings. The first-order chi connectivity index (χ1) is 11.1. The van der Waals surface area contributed by atoms with E-state index < -0.39 is 17.7 Å². The Balaban J connectivity index is 2.06. The Morgan fingerprint density at radius 3 is 2.65 bits per heavy atom. The van der Waals surface area contributed by atoms with Gasteiger partial charge in [-0.15, -0.1) is 0 Å². The zero-order valence-electron chi connectivity index (χ0n) is 12.4. The minimum Gasteiger partial charge on any atom is -0.482 e. The summed E-state index contributed by atoms with van der Waals surface area (Å²) in [4.78, 5) is 12.3. The molecule has 0 bridgehead atoms. The van der Waals surface area contributed by atoms with Crippen LogP contribution in [0.4, 0.5) is 0 Å². The third-order valence-electron chi connectivity index (χ3n) is 3.83. The molecule has 5 heteroatoms. The molecule has 118 valence electrons. The van der Waals surface area contributed by atoms with Crippen molar-refractivity contribution >= 4 is 23.6 Å². The normalized spacial score (nSPS) is 18.5. The number of halogens is 1. The van der Waals surface area contributed by atoms with Gasteiger partial charge in [-0.25, -0.2) is 4.79 Å². The molecule has 0 saturated carbocycles. The topological polar surface area (TPSA) is 55.8 Å². The highest BCUT2D eigenvalue weighted by atomic mass is 35.5. The van der Waals surface area contributed by atoms with Crippen molar-refractivity contribution in [1.82, 2.24) is 0 Å². The fourth-order valence-electron chi connectivity index (χ4n) is 2.61. The Hall–Kier alpha value is -2.30. The summed E-state index contributed by atoms with van der Waals surface area (Å²) in [6.07, 6.45) is 2.42. The summed E-state index contributed by atoms with van der Waals surface area (Å²) in [5.74, 6) is -0.285. The fraction of sp³-hybridized carbons (Fsp3) is 0.167. The van der Waals surface area contributed by atoms with Crippen LogP contribution in [0.2, 0.25) is 5.02 Å². The summed E-state index contributed by atoms with van der Waals surface area (Å²) in [5, 5.41) is 11.6. The molecule has 23 heavy (non-hydrogen) atoms. The zero-order valence-corrected chi connectivity index (χ0v) is 13.2. The van der Waals surface area contributed by atoms with Gasteiger partial charge in [-0.1, -0.05) is 48.0 Å². The molecule has 3 rings (SSSR count). The first kappa shape index (κ1) is 15.6. The number of benzene rings is 2. The van der Waals surface area contributed by atoms with Gasteiger partial charge < -0.3 is 14.6 Å². The average Bonchev–Trinajstić information content (AvgIpc) is 2.61. The van der Waals surface area contributed by atoms with Crippen molar-refractivity contribution in [2.45, 2.75) is 11.7 Å². The molecule has 1 heterocycles. The van der Waals surface area contributed by atoms with Gasteiger partial charge in [0.2, 0.25) is 5.60 Å². The van der Waals surface area contributed by atoms with Crippen molar-refractivity contribution < 1.29 is 19.4 Å². The highest BCUT2D eigenvalue weighted by Crippen LogP contribution is 2.38. The van der Waals surface area contributed by atoms with Crippen molar-refractivity contribution in [2.24, 2.45) is 0 Å². The van der Waals surface area contributed by atoms with E-state index in [4.69, 9.17) is 21.1 Å². The summed E-state index contributed by atoms with van der Waals surface area (Å²) in [6.45, 7) is 0. The smallest absolute Gasteiger partial charge is 0.346 e. The van der Waals surface area contributed by atoms with Gasteiger partial charge in [-0.3, -0.25) is 0 Å². The van der Waals surface area contributed by atoms with Crippen molar-refractivity contribution in [3.63, 3.8) is 0 Å². The molecule has 0 saturated heterocycles. The van der Waals surface area contributed by atoms with Crippen molar-refractivity contribution in [2.75, 3.05) is 7.11 Å². The maximum absolute atomic E-state index is 12.3. The number of ether oxygens (including phenoxy) is 2. The van der Waals surface area contributed by atoms with Crippen LogP contribution >= 0.6 is 11.6 Å². The van der Waals surface area contributed by atoms with Gasteiger partial charge in [-0.05, 0) is 29.8 Å². The van der Waals surface area contributed by atoms with E-state index in [-0.39, 0.29) is 0 Å². The molecule has 0 amide bonds. The summed E-state index contributed by atoms with van der Waals surface area (Å²) in [5.41, 5.74) is -0.843. The molecule has 1 aliphatic heterocycles. The van der Waals surface area contributed by atoms with E-state index in [0.717, 1.165) is 0 Å². The Bertz CT molecular complexity index is 757. The molecule has 0 radical (unpaired) electrons. The van der Waals surface area contributed by atoms with Crippen molar-refractivity contribution in [1.29, 1.82) is 0 Å². The van der Waals surface area contributed by atoms with Crippen LogP contribution in [0.25, 0.3) is 6.08 Å². The van der Waals surface area contributed by atoms with Crippen LogP contribution in [-0.2, 0) is 15.1 Å². The minimum atomic E-state index is -1.95. The van der Waals surface area contributed by atoms with E-state index in [1.54, 1.807) is 60.7 Å². The molecular formula is C18H15ClO4. The number of hydrogen-bond acceptors (Lipinski definition) is 4. The Morgan fingerprint density at radius 1 is 1.22 bits per heavy atom. The lowest BCUT2D eigenvalue weighted by Gasteiger charge is -2.34. The van der Waals surface area contributed by atoms with Crippen LogP contribution in [0, 0.1) is 0 Å². The highest BCUT2D eigenvalue weighted by Gasteiger charge is 2.48. The van der Waals surface area contributed by atoms with Gasteiger partial charge in [0.05, 0.1) is 12.1 Å². The lowest BCUT2D eigenvalue weighted by molar-refractivity contribution is -0.172. The third kappa shape index (κ3) is 2.60. The number of aliphatic hydroxyl groups is 1. The quantitative estimate of drug-likeness (QED) is 0.878. The molecule has 2 aromatic carbocycles. The Labute approximate surface area is 138 Å². The van der Waals surface area contributed by atoms with Crippen LogP contribution < -0.4 is 4.74 Å². The van der Waals surface area contributed by atoms with E-state index in [0.29, 0.717) is 21.9 Å². The van der Waals surface area contributed by atoms with E-state index in [1.807, 2.05) is 0 Å². The summed E-state index contributed by atoms with van der Waals surface area (Å²) in [7, 11) is 1.23. The van der Waals surface area contributed by atoms with Crippen LogP contribution in [-0.4, -0.2) is 24.3 Å². The Kier molecular flexibility index (Phi) is 4.11. The first-order valence-electron chi connectivity index (χ1n) is 7.07. The number of esters is 1. The van der Waals surface area contributed by atoms with Gasteiger partial charge in [0.15, 0.2) is 6.10 Å². The first-order valence-corrected chi connectivity index (χ1v) is 7.45.